The highest BCUT2D eigenvalue weighted by atomic mass is 32.1. The van der Waals surface area contributed by atoms with Crippen LogP contribution in [0.4, 0.5) is 0 Å². The van der Waals surface area contributed by atoms with Gasteiger partial charge in [-0.2, -0.15) is 0 Å². The first kappa shape index (κ1) is 9.18. The maximum atomic E-state index is 5.58. The van der Waals surface area contributed by atoms with Crippen LogP contribution >= 0.6 is 12.2 Å². The van der Waals surface area contributed by atoms with Gasteiger partial charge >= 0.3 is 0 Å². The molecule has 0 atom stereocenters. The summed E-state index contributed by atoms with van der Waals surface area (Å²) in [5, 5.41) is 0.479. The van der Waals surface area contributed by atoms with Crippen LogP contribution in [0, 0.1) is 0 Å². The fourth-order valence-electron chi connectivity index (χ4n) is 1.85. The first-order valence-corrected chi connectivity index (χ1v) is 4.95. The predicted octanol–water partition coefficient (Wildman–Crippen LogP) is 0.0689. The summed E-state index contributed by atoms with van der Waals surface area (Å²) in [6, 6.07) is 0. The van der Waals surface area contributed by atoms with Crippen LogP contribution < -0.4 is 5.73 Å². The van der Waals surface area contributed by atoms with Crippen LogP contribution in [0.2, 0.25) is 0 Å². The molecule has 0 aromatic rings. The first-order valence-electron chi connectivity index (χ1n) is 4.54. The molecule has 2 aliphatic rings. The zero-order chi connectivity index (χ0) is 9.31. The lowest BCUT2D eigenvalue weighted by Crippen LogP contribution is -2.48. The molecular formula is C8H14N2O2S. The molecule has 0 bridgehead atoms. The summed E-state index contributed by atoms with van der Waals surface area (Å²) in [7, 11) is 0. The quantitative estimate of drug-likeness (QED) is 0.563. The normalized spacial score (nSPS) is 26.6. The van der Waals surface area contributed by atoms with Crippen molar-refractivity contribution in [2.45, 2.75) is 18.6 Å². The monoisotopic (exact) mass is 202 g/mol. The van der Waals surface area contributed by atoms with Gasteiger partial charge in [-0.15, -0.1) is 0 Å². The van der Waals surface area contributed by atoms with Gasteiger partial charge in [0.25, 0.3) is 0 Å². The number of hydrogen-bond donors (Lipinski definition) is 1. The van der Waals surface area contributed by atoms with Gasteiger partial charge in [-0.05, 0) is 12.2 Å². The molecule has 74 valence electrons. The lowest BCUT2D eigenvalue weighted by Gasteiger charge is -2.37. The molecule has 13 heavy (non-hydrogen) atoms. The summed E-state index contributed by atoms with van der Waals surface area (Å²) >= 11 is 4.90. The molecular weight excluding hydrogens is 188 g/mol. The van der Waals surface area contributed by atoms with Crippen molar-refractivity contribution in [3.63, 3.8) is 0 Å². The third-order valence-electron chi connectivity index (χ3n) is 2.65. The number of nitrogens with zero attached hydrogens (tertiary/aromatic N) is 1. The van der Waals surface area contributed by atoms with Crippen LogP contribution in [0.3, 0.4) is 0 Å². The van der Waals surface area contributed by atoms with E-state index in [-0.39, 0.29) is 5.79 Å². The van der Waals surface area contributed by atoms with Crippen LogP contribution in [0.25, 0.3) is 0 Å². The Kier molecular flexibility index (Phi) is 2.40. The van der Waals surface area contributed by atoms with Crippen LogP contribution in [0.5, 0.6) is 0 Å². The molecule has 0 unspecified atom stereocenters. The van der Waals surface area contributed by atoms with Crippen molar-refractivity contribution in [2.75, 3.05) is 26.3 Å². The van der Waals surface area contributed by atoms with Crippen LogP contribution in [-0.2, 0) is 9.47 Å². The third-order valence-corrected chi connectivity index (χ3v) is 2.91. The molecule has 0 aromatic heterocycles. The Morgan fingerprint density at radius 3 is 2.23 bits per heavy atom. The Balaban J connectivity index is 1.91. The standard InChI is InChI=1S/C8H14N2O2S/c9-7(13)10-3-1-8(2-4-10)11-5-6-12-8/h1-6H2,(H2,9,13). The Hall–Kier alpha value is -0.390. The average molecular weight is 202 g/mol. The van der Waals surface area contributed by atoms with Crippen molar-refractivity contribution in [2.24, 2.45) is 5.73 Å². The maximum absolute atomic E-state index is 5.58. The summed E-state index contributed by atoms with van der Waals surface area (Å²) in [5.41, 5.74) is 5.53. The van der Waals surface area contributed by atoms with Gasteiger partial charge in [-0.25, -0.2) is 0 Å². The molecule has 0 aromatic carbocycles. The van der Waals surface area contributed by atoms with Crippen molar-refractivity contribution in [3.05, 3.63) is 0 Å². The molecule has 0 saturated carbocycles. The average Bonchev–Trinajstić information content (AvgIpc) is 2.54. The van der Waals surface area contributed by atoms with E-state index >= 15 is 0 Å². The minimum absolute atomic E-state index is 0.318. The lowest BCUT2D eigenvalue weighted by molar-refractivity contribution is -0.180. The molecule has 2 fully saturated rings. The van der Waals surface area contributed by atoms with Gasteiger partial charge in [0.05, 0.1) is 13.2 Å². The molecule has 1 spiro atoms. The van der Waals surface area contributed by atoms with Crippen LogP contribution in [0.1, 0.15) is 12.8 Å². The second-order valence-electron chi connectivity index (χ2n) is 3.43. The maximum Gasteiger partial charge on any atom is 0.171 e. The van der Waals surface area contributed by atoms with Gasteiger partial charge < -0.3 is 20.1 Å². The first-order chi connectivity index (χ1) is 6.22. The van der Waals surface area contributed by atoms with Crippen LogP contribution in [0.15, 0.2) is 0 Å². The molecule has 2 N–H and O–H groups in total. The third kappa shape index (κ3) is 1.77. The Morgan fingerprint density at radius 2 is 1.77 bits per heavy atom. The summed E-state index contributed by atoms with van der Waals surface area (Å²) in [6.07, 6.45) is 1.73. The van der Waals surface area contributed by atoms with Gasteiger partial charge in [-0.3, -0.25) is 0 Å². The van der Waals surface area contributed by atoms with Gasteiger partial charge in [0, 0.05) is 25.9 Å². The van der Waals surface area contributed by atoms with E-state index in [9.17, 15) is 0 Å². The van der Waals surface area contributed by atoms with E-state index in [1.54, 1.807) is 0 Å². The van der Waals surface area contributed by atoms with Crippen molar-refractivity contribution in [1.29, 1.82) is 0 Å². The van der Waals surface area contributed by atoms with Crippen molar-refractivity contribution in [1.82, 2.24) is 4.90 Å². The number of hydrogen-bond acceptors (Lipinski definition) is 3. The largest absolute Gasteiger partial charge is 0.376 e. The van der Waals surface area contributed by atoms with Gasteiger partial charge in [0.2, 0.25) is 0 Å². The van der Waals surface area contributed by atoms with Gasteiger partial charge in [0.15, 0.2) is 10.9 Å². The Bertz CT molecular complexity index is 206. The summed E-state index contributed by atoms with van der Waals surface area (Å²) in [6.45, 7) is 3.12. The molecule has 5 heteroatoms. The SMILES string of the molecule is NC(=S)N1CCC2(CC1)OCCO2. The molecule has 0 amide bonds. The zero-order valence-corrected chi connectivity index (χ0v) is 8.31. The Labute approximate surface area is 83.0 Å². The summed E-state index contributed by atoms with van der Waals surface area (Å²) in [5.74, 6) is -0.318. The van der Waals surface area contributed by atoms with Gasteiger partial charge in [-0.1, -0.05) is 0 Å². The van der Waals surface area contributed by atoms with Crippen molar-refractivity contribution in [3.8, 4) is 0 Å². The van der Waals surface area contributed by atoms with E-state index in [1.165, 1.54) is 0 Å². The Morgan fingerprint density at radius 1 is 1.23 bits per heavy atom. The van der Waals surface area contributed by atoms with E-state index < -0.39 is 0 Å². The smallest absolute Gasteiger partial charge is 0.171 e. The molecule has 0 aliphatic carbocycles. The van der Waals surface area contributed by atoms with Gasteiger partial charge in [0.1, 0.15) is 0 Å². The summed E-state index contributed by atoms with van der Waals surface area (Å²) in [4.78, 5) is 1.99. The van der Waals surface area contributed by atoms with E-state index in [4.69, 9.17) is 27.4 Å². The number of nitrogens with two attached hydrogens (primary N) is 1. The van der Waals surface area contributed by atoms with Crippen LogP contribution in [-0.4, -0.2) is 42.1 Å². The van der Waals surface area contributed by atoms with E-state index in [0.29, 0.717) is 18.3 Å². The predicted molar refractivity (Wildman–Crippen MR) is 52.2 cm³/mol. The molecule has 2 aliphatic heterocycles. The highest BCUT2D eigenvalue weighted by Gasteiger charge is 2.39. The van der Waals surface area contributed by atoms with Crippen molar-refractivity contribution >= 4 is 17.3 Å². The molecule has 2 rings (SSSR count). The fraction of sp³-hybridized carbons (Fsp3) is 0.875. The molecule has 2 saturated heterocycles. The topological polar surface area (TPSA) is 47.7 Å². The number of piperidine rings is 1. The van der Waals surface area contributed by atoms with Crippen molar-refractivity contribution < 1.29 is 9.47 Å². The highest BCUT2D eigenvalue weighted by molar-refractivity contribution is 7.80. The molecule has 0 radical (unpaired) electrons. The number of thiocarbonyl (C=S) groups is 1. The zero-order valence-electron chi connectivity index (χ0n) is 7.49. The number of likely N-dealkylation sites (tertiary alicyclic amines) is 1. The minimum atomic E-state index is -0.318. The van der Waals surface area contributed by atoms with E-state index in [0.717, 1.165) is 25.9 Å². The minimum Gasteiger partial charge on any atom is -0.376 e. The van der Waals surface area contributed by atoms with E-state index in [2.05, 4.69) is 0 Å². The second-order valence-corrected chi connectivity index (χ2v) is 3.85. The summed E-state index contributed by atoms with van der Waals surface area (Å²) < 4.78 is 11.2. The van der Waals surface area contributed by atoms with E-state index in [1.807, 2.05) is 4.90 Å². The number of rotatable bonds is 0. The molecule has 4 nitrogen and oxygen atoms in total. The fourth-order valence-corrected chi connectivity index (χ4v) is 2.04. The molecule has 2 heterocycles. The number of ether oxygens (including phenoxy) is 2. The highest BCUT2D eigenvalue weighted by Crippen LogP contribution is 2.30. The second kappa shape index (κ2) is 3.40. The lowest BCUT2D eigenvalue weighted by atomic mass is 10.0.